The van der Waals surface area contributed by atoms with Crippen LogP contribution in [-0.4, -0.2) is 4.57 Å². The van der Waals surface area contributed by atoms with Gasteiger partial charge in [-0.25, -0.2) is 0 Å². The van der Waals surface area contributed by atoms with Crippen molar-refractivity contribution in [2.45, 2.75) is 95.3 Å². The van der Waals surface area contributed by atoms with Gasteiger partial charge in [0.05, 0.1) is 16.7 Å². The summed E-state index contributed by atoms with van der Waals surface area (Å²) in [4.78, 5) is 2.46. The maximum atomic E-state index is 2.56. The van der Waals surface area contributed by atoms with E-state index in [1.165, 1.54) is 170 Å². The number of anilines is 3. The molecule has 1 heterocycles. The minimum absolute atomic E-state index is 0.126. The summed E-state index contributed by atoms with van der Waals surface area (Å²) in [7, 11) is 0. The Bertz CT molecular complexity index is 3860. The van der Waals surface area contributed by atoms with Crippen LogP contribution in [0.3, 0.4) is 0 Å². The van der Waals surface area contributed by atoms with Crippen molar-refractivity contribution >= 4 is 38.9 Å². The molecule has 11 aromatic rings. The van der Waals surface area contributed by atoms with E-state index in [0.29, 0.717) is 11.8 Å². The molecule has 0 saturated heterocycles. The van der Waals surface area contributed by atoms with Gasteiger partial charge in [-0.05, 0) is 183 Å². The van der Waals surface area contributed by atoms with Gasteiger partial charge in [0.1, 0.15) is 0 Å². The standard InChI is InChI=1S/C75H66N2/c1-75(2)70-27-14-12-26-66(70)67-44-43-64(50-71(67)75)76(72-28-15-13-25-65(72)61-24-16-23-58(47-61)51-17-6-3-7-18-51)62-39-33-56(34-40-62)54-29-31-55(32-30-54)57-35-41-63(42-36-57)77-73-45-37-59(52-19-8-4-9-20-52)48-68(73)69-49-60(38-46-74(69)77)53-21-10-5-11-22-53/h3,6-7,12-18,23-50,52-53H,4-5,8-11,19-22H2,1-2H3. The summed E-state index contributed by atoms with van der Waals surface area (Å²) in [5, 5.41) is 2.82. The minimum atomic E-state index is -0.126. The van der Waals surface area contributed by atoms with Gasteiger partial charge in [-0.1, -0.05) is 210 Å². The normalized spacial score (nSPS) is 15.4. The lowest BCUT2D eigenvalue weighted by Gasteiger charge is -2.30. The van der Waals surface area contributed by atoms with Crippen molar-refractivity contribution < 1.29 is 0 Å². The Morgan fingerprint density at radius 1 is 0.351 bits per heavy atom. The van der Waals surface area contributed by atoms with Gasteiger partial charge in [0.2, 0.25) is 0 Å². The first-order valence-electron chi connectivity index (χ1n) is 28.6. The van der Waals surface area contributed by atoms with Gasteiger partial charge in [-0.15, -0.1) is 0 Å². The topological polar surface area (TPSA) is 8.17 Å². The van der Waals surface area contributed by atoms with Crippen molar-refractivity contribution in [1.82, 2.24) is 4.57 Å². The Morgan fingerprint density at radius 2 is 0.831 bits per heavy atom. The highest BCUT2D eigenvalue weighted by molar-refractivity contribution is 6.10. The third-order valence-corrected chi connectivity index (χ3v) is 18.0. The number of aromatic nitrogens is 1. The molecule has 2 fully saturated rings. The first kappa shape index (κ1) is 47.3. The summed E-state index contributed by atoms with van der Waals surface area (Å²) in [5.41, 5.74) is 25.2. The highest BCUT2D eigenvalue weighted by Crippen LogP contribution is 2.52. The van der Waals surface area contributed by atoms with Crippen LogP contribution in [0, 0.1) is 0 Å². The molecule has 3 aliphatic rings. The van der Waals surface area contributed by atoms with Crippen LogP contribution < -0.4 is 4.90 Å². The highest BCUT2D eigenvalue weighted by atomic mass is 15.1. The largest absolute Gasteiger partial charge is 0.310 e. The summed E-state index contributed by atoms with van der Waals surface area (Å²) >= 11 is 0. The highest BCUT2D eigenvalue weighted by Gasteiger charge is 2.36. The lowest BCUT2D eigenvalue weighted by atomic mass is 9.82. The lowest BCUT2D eigenvalue weighted by molar-refractivity contribution is 0.444. The Kier molecular flexibility index (Phi) is 12.1. The molecule has 77 heavy (non-hydrogen) atoms. The van der Waals surface area contributed by atoms with Crippen molar-refractivity contribution in [2.75, 3.05) is 4.90 Å². The molecule has 3 aliphatic carbocycles. The van der Waals surface area contributed by atoms with Crippen LogP contribution in [-0.2, 0) is 5.41 Å². The van der Waals surface area contributed by atoms with Crippen molar-refractivity contribution in [1.29, 1.82) is 0 Å². The Labute approximate surface area is 455 Å². The quantitative estimate of drug-likeness (QED) is 0.133. The van der Waals surface area contributed by atoms with E-state index >= 15 is 0 Å². The Balaban J connectivity index is 0.782. The molecule has 0 amide bonds. The second-order valence-corrected chi connectivity index (χ2v) is 22.9. The van der Waals surface area contributed by atoms with Gasteiger partial charge in [-0.2, -0.15) is 0 Å². The van der Waals surface area contributed by atoms with E-state index in [0.717, 1.165) is 17.1 Å². The van der Waals surface area contributed by atoms with E-state index in [-0.39, 0.29) is 5.41 Å². The second kappa shape index (κ2) is 19.7. The van der Waals surface area contributed by atoms with E-state index in [9.17, 15) is 0 Å². The van der Waals surface area contributed by atoms with Crippen LogP contribution >= 0.6 is 0 Å². The summed E-state index contributed by atoms with van der Waals surface area (Å²) in [5.74, 6) is 1.36. The zero-order valence-electron chi connectivity index (χ0n) is 44.6. The van der Waals surface area contributed by atoms with Crippen molar-refractivity contribution in [3.05, 3.63) is 253 Å². The van der Waals surface area contributed by atoms with Crippen molar-refractivity contribution in [3.63, 3.8) is 0 Å². The molecule has 0 bridgehead atoms. The lowest BCUT2D eigenvalue weighted by Crippen LogP contribution is -2.16. The average Bonchev–Trinajstić information content (AvgIpc) is 4.10. The van der Waals surface area contributed by atoms with Gasteiger partial charge in [-0.3, -0.25) is 0 Å². The van der Waals surface area contributed by atoms with E-state index in [1.807, 2.05) is 0 Å². The van der Waals surface area contributed by atoms with Gasteiger partial charge >= 0.3 is 0 Å². The van der Waals surface area contributed by atoms with Crippen LogP contribution in [0.15, 0.2) is 231 Å². The molecular weight excluding hydrogens is 929 g/mol. The molecule has 0 radical (unpaired) electrons. The summed E-state index contributed by atoms with van der Waals surface area (Å²) in [6, 6.07) is 87.1. The van der Waals surface area contributed by atoms with Gasteiger partial charge in [0.25, 0.3) is 0 Å². The molecule has 0 aliphatic heterocycles. The summed E-state index contributed by atoms with van der Waals surface area (Å²) < 4.78 is 2.52. The molecule has 2 nitrogen and oxygen atoms in total. The van der Waals surface area contributed by atoms with Crippen LogP contribution in [0.1, 0.15) is 112 Å². The number of rotatable bonds is 10. The SMILES string of the molecule is CC1(C)c2ccccc2-c2ccc(N(c3ccc(-c4ccc(-c5ccc(-n6c7ccc(C8CCCCC8)cc7c7cc(C8CCCCC8)ccc76)cc5)cc4)cc3)c3ccccc3-c3cccc(-c4ccccc4)c3)cc21. The van der Waals surface area contributed by atoms with E-state index in [1.54, 1.807) is 0 Å². The fourth-order valence-corrected chi connectivity index (χ4v) is 13.8. The van der Waals surface area contributed by atoms with Gasteiger partial charge in [0.15, 0.2) is 0 Å². The van der Waals surface area contributed by atoms with Crippen LogP contribution in [0.2, 0.25) is 0 Å². The molecule has 376 valence electrons. The van der Waals surface area contributed by atoms with Crippen molar-refractivity contribution in [2.24, 2.45) is 0 Å². The number of fused-ring (bicyclic) bond motifs is 6. The maximum Gasteiger partial charge on any atom is 0.0541 e. The number of para-hydroxylation sites is 1. The predicted molar refractivity (Wildman–Crippen MR) is 326 cm³/mol. The van der Waals surface area contributed by atoms with Crippen LogP contribution in [0.4, 0.5) is 17.1 Å². The third kappa shape index (κ3) is 8.60. The zero-order valence-corrected chi connectivity index (χ0v) is 44.6. The monoisotopic (exact) mass is 995 g/mol. The molecule has 2 saturated carbocycles. The Morgan fingerprint density at radius 3 is 1.45 bits per heavy atom. The van der Waals surface area contributed by atoms with Gasteiger partial charge < -0.3 is 9.47 Å². The second-order valence-electron chi connectivity index (χ2n) is 22.9. The fourth-order valence-electron chi connectivity index (χ4n) is 13.8. The van der Waals surface area contributed by atoms with Crippen molar-refractivity contribution in [3.8, 4) is 61.3 Å². The van der Waals surface area contributed by atoms with Crippen LogP contribution in [0.25, 0.3) is 83.1 Å². The minimum Gasteiger partial charge on any atom is -0.310 e. The first-order valence-corrected chi connectivity index (χ1v) is 28.6. The smallest absolute Gasteiger partial charge is 0.0541 e. The maximum absolute atomic E-state index is 2.56. The number of benzene rings is 10. The van der Waals surface area contributed by atoms with E-state index in [4.69, 9.17) is 0 Å². The number of hydrogen-bond donors (Lipinski definition) is 0. The fraction of sp³-hybridized carbons (Fsp3) is 0.200. The third-order valence-electron chi connectivity index (χ3n) is 18.0. The molecule has 1 aromatic heterocycles. The molecule has 0 N–H and O–H groups in total. The molecule has 14 rings (SSSR count). The first-order chi connectivity index (χ1) is 37.9. The molecule has 2 heteroatoms. The summed E-state index contributed by atoms with van der Waals surface area (Å²) in [6.45, 7) is 4.74. The van der Waals surface area contributed by atoms with Gasteiger partial charge in [0, 0.05) is 38.8 Å². The molecular formula is C75H66N2. The predicted octanol–water partition coefficient (Wildman–Crippen LogP) is 21.3. The molecule has 0 spiro atoms. The zero-order chi connectivity index (χ0) is 51.5. The molecule has 10 aromatic carbocycles. The van der Waals surface area contributed by atoms with E-state index < -0.39 is 0 Å². The van der Waals surface area contributed by atoms with E-state index in [2.05, 4.69) is 254 Å². The Hall–Kier alpha value is -8.20. The average molecular weight is 995 g/mol. The summed E-state index contributed by atoms with van der Waals surface area (Å²) in [6.07, 6.45) is 13.4. The molecule has 0 atom stereocenters. The number of nitrogens with zero attached hydrogens (tertiary/aromatic N) is 2. The number of hydrogen-bond acceptors (Lipinski definition) is 1. The molecule has 0 unspecified atom stereocenters. The van der Waals surface area contributed by atoms with Crippen LogP contribution in [0.5, 0.6) is 0 Å².